The minimum Gasteiger partial charge on any atom is -0.388 e. The van der Waals surface area contributed by atoms with E-state index in [1.807, 2.05) is 0 Å². The summed E-state index contributed by atoms with van der Waals surface area (Å²) in [4.78, 5) is 41.3. The number of hydrogen-bond acceptors (Lipinski definition) is 8. The van der Waals surface area contributed by atoms with Crippen LogP contribution in [-0.4, -0.2) is 60.0 Å². The number of halogens is 2. The molecule has 3 aromatic heterocycles. The number of aryl methyl sites for hydroxylation is 1. The van der Waals surface area contributed by atoms with Gasteiger partial charge >= 0.3 is 0 Å². The van der Waals surface area contributed by atoms with E-state index in [9.17, 15) is 14.4 Å². The summed E-state index contributed by atoms with van der Waals surface area (Å²) in [5.74, 6) is -1.02. The van der Waals surface area contributed by atoms with Crippen LogP contribution in [0.5, 0.6) is 0 Å². The third kappa shape index (κ3) is 6.48. The standard InChI is InChI=1S/C18H24N12O3.2ClH/c1-7-11(16(31)22-5-4-9(19)20)26-28-13(7)24-17(32)12-8(2)14(29-27-12)25-18(33)15-23-10(21)6-30(15)3;;/h6H,4-5,21H2,1-3H3,(H3,19,20)(H,22,31)(H2,24,26,28,32)(H2,25,27,29,33);2*1H. The molecule has 0 unspecified atom stereocenters. The summed E-state index contributed by atoms with van der Waals surface area (Å²) in [6.45, 7) is 3.41. The maximum atomic E-state index is 12.7. The molecule has 3 rings (SSSR count). The molecule has 15 nitrogen and oxygen atoms in total. The molecule has 0 aromatic carbocycles. The third-order valence-corrected chi connectivity index (χ3v) is 4.72. The van der Waals surface area contributed by atoms with E-state index in [0.29, 0.717) is 11.1 Å². The van der Waals surface area contributed by atoms with Crippen molar-refractivity contribution in [1.29, 1.82) is 5.41 Å². The van der Waals surface area contributed by atoms with Gasteiger partial charge in [-0.15, -0.1) is 24.8 Å². The van der Waals surface area contributed by atoms with Crippen LogP contribution in [0.4, 0.5) is 17.5 Å². The lowest BCUT2D eigenvalue weighted by molar-refractivity contribution is 0.0947. The van der Waals surface area contributed by atoms with E-state index in [1.165, 1.54) is 10.8 Å². The number of carbonyl (C=O) groups is 3. The number of amidine groups is 1. The molecule has 0 aliphatic heterocycles. The van der Waals surface area contributed by atoms with Crippen molar-refractivity contribution < 1.29 is 14.4 Å². The largest absolute Gasteiger partial charge is 0.388 e. The summed E-state index contributed by atoms with van der Waals surface area (Å²) in [7, 11) is 1.62. The topological polar surface area (TPSA) is 238 Å². The number of nitrogen functional groups attached to an aromatic ring is 1. The number of rotatable bonds is 8. The SMILES string of the molecule is Cc1c(NC(=O)c2[nH]nc(NC(=O)c3nc(N)cn3C)c2C)n[nH]c1C(=O)NCCC(=N)N.Cl.Cl. The van der Waals surface area contributed by atoms with Crippen molar-refractivity contribution in [2.24, 2.45) is 12.8 Å². The molecule has 17 heteroatoms. The lowest BCUT2D eigenvalue weighted by Crippen LogP contribution is -2.28. The van der Waals surface area contributed by atoms with Crippen molar-refractivity contribution in [2.45, 2.75) is 20.3 Å². The predicted molar refractivity (Wildman–Crippen MR) is 134 cm³/mol. The minimum absolute atomic E-state index is 0. The number of aromatic nitrogens is 6. The van der Waals surface area contributed by atoms with Crippen LogP contribution in [0.15, 0.2) is 6.20 Å². The maximum Gasteiger partial charge on any atom is 0.292 e. The molecule has 0 radical (unpaired) electrons. The molecule has 0 bridgehead atoms. The van der Waals surface area contributed by atoms with E-state index in [4.69, 9.17) is 16.9 Å². The molecule has 35 heavy (non-hydrogen) atoms. The fourth-order valence-corrected chi connectivity index (χ4v) is 2.91. The van der Waals surface area contributed by atoms with E-state index in [1.54, 1.807) is 20.9 Å². The summed E-state index contributed by atoms with van der Waals surface area (Å²) in [5.41, 5.74) is 11.9. The fourth-order valence-electron chi connectivity index (χ4n) is 2.91. The summed E-state index contributed by atoms with van der Waals surface area (Å²) >= 11 is 0. The highest BCUT2D eigenvalue weighted by Gasteiger charge is 2.22. The van der Waals surface area contributed by atoms with E-state index in [0.717, 1.165) is 0 Å². The molecule has 0 fully saturated rings. The zero-order chi connectivity index (χ0) is 24.3. The van der Waals surface area contributed by atoms with Crippen molar-refractivity contribution in [3.63, 3.8) is 0 Å². The first kappa shape index (κ1) is 28.9. The molecule has 0 aliphatic rings. The Bertz CT molecular complexity index is 1250. The van der Waals surface area contributed by atoms with Crippen molar-refractivity contribution in [3.8, 4) is 0 Å². The van der Waals surface area contributed by atoms with E-state index in [2.05, 4.69) is 41.3 Å². The lowest BCUT2D eigenvalue weighted by Gasteiger charge is -2.05. The number of aromatic amines is 2. The van der Waals surface area contributed by atoms with Gasteiger partial charge in [0.05, 0.1) is 5.84 Å². The van der Waals surface area contributed by atoms with E-state index >= 15 is 0 Å². The molecule has 0 saturated heterocycles. The van der Waals surface area contributed by atoms with Crippen LogP contribution in [-0.2, 0) is 7.05 Å². The van der Waals surface area contributed by atoms with Crippen LogP contribution >= 0.6 is 24.8 Å². The Hall–Kier alpha value is -4.11. The molecule has 0 aliphatic carbocycles. The van der Waals surface area contributed by atoms with Gasteiger partial charge in [0, 0.05) is 37.3 Å². The monoisotopic (exact) mass is 528 g/mol. The van der Waals surface area contributed by atoms with Gasteiger partial charge in [-0.1, -0.05) is 0 Å². The number of H-pyrrole nitrogens is 2. The molecule has 0 saturated carbocycles. The number of nitrogens with zero attached hydrogens (tertiary/aromatic N) is 4. The smallest absolute Gasteiger partial charge is 0.292 e. The molecule has 3 heterocycles. The molecule has 0 atom stereocenters. The van der Waals surface area contributed by atoms with Crippen molar-refractivity contribution in [1.82, 2.24) is 35.3 Å². The van der Waals surface area contributed by atoms with Gasteiger partial charge in [0.1, 0.15) is 17.2 Å². The summed E-state index contributed by atoms with van der Waals surface area (Å²) < 4.78 is 1.47. The molecule has 10 N–H and O–H groups in total. The molecular formula is C18H26Cl2N12O3. The van der Waals surface area contributed by atoms with Gasteiger partial charge in [-0.05, 0) is 13.8 Å². The van der Waals surface area contributed by atoms with E-state index < -0.39 is 17.7 Å². The highest BCUT2D eigenvalue weighted by Crippen LogP contribution is 2.20. The molecular weight excluding hydrogens is 503 g/mol. The van der Waals surface area contributed by atoms with Crippen molar-refractivity contribution in [2.75, 3.05) is 22.9 Å². The van der Waals surface area contributed by atoms with Gasteiger partial charge in [-0.3, -0.25) is 30.0 Å². The summed E-state index contributed by atoms with van der Waals surface area (Å²) in [6, 6.07) is 0. The Balaban J connectivity index is 0.00000306. The van der Waals surface area contributed by atoms with Crippen LogP contribution < -0.4 is 27.4 Å². The number of hydrogen-bond donors (Lipinski definition) is 8. The van der Waals surface area contributed by atoms with Gasteiger partial charge in [0.25, 0.3) is 17.7 Å². The minimum atomic E-state index is -0.570. The normalized spacial score (nSPS) is 10.0. The zero-order valence-corrected chi connectivity index (χ0v) is 20.6. The molecule has 3 aromatic rings. The van der Waals surface area contributed by atoms with Gasteiger partial charge in [-0.25, -0.2) is 4.98 Å². The maximum absolute atomic E-state index is 12.7. The van der Waals surface area contributed by atoms with Crippen molar-refractivity contribution >= 4 is 65.8 Å². The first-order valence-electron chi connectivity index (χ1n) is 9.71. The third-order valence-electron chi connectivity index (χ3n) is 4.72. The second-order valence-corrected chi connectivity index (χ2v) is 7.18. The first-order valence-corrected chi connectivity index (χ1v) is 9.71. The molecule has 3 amide bonds. The Morgan fingerprint density at radius 1 is 1.00 bits per heavy atom. The number of imidazole rings is 1. The first-order chi connectivity index (χ1) is 15.6. The van der Waals surface area contributed by atoms with Crippen LogP contribution in [0.3, 0.4) is 0 Å². The predicted octanol–water partition coefficient (Wildman–Crippen LogP) is 0.469. The van der Waals surface area contributed by atoms with Gasteiger partial charge < -0.3 is 32.0 Å². The fraction of sp³-hybridized carbons (Fsp3) is 0.278. The average molecular weight is 529 g/mol. The number of nitrogens with two attached hydrogens (primary N) is 2. The Kier molecular flexibility index (Phi) is 9.79. The van der Waals surface area contributed by atoms with Crippen molar-refractivity contribution in [3.05, 3.63) is 34.5 Å². The van der Waals surface area contributed by atoms with Crippen LogP contribution in [0.2, 0.25) is 0 Å². The van der Waals surface area contributed by atoms with Crippen LogP contribution in [0.1, 0.15) is 49.1 Å². The van der Waals surface area contributed by atoms with Gasteiger partial charge in [-0.2, -0.15) is 10.2 Å². The number of amides is 3. The lowest BCUT2D eigenvalue weighted by atomic mass is 10.2. The summed E-state index contributed by atoms with van der Waals surface area (Å²) in [6.07, 6.45) is 1.71. The quantitative estimate of drug-likeness (QED) is 0.150. The second kappa shape index (κ2) is 11.8. The molecule has 0 spiro atoms. The highest BCUT2D eigenvalue weighted by molar-refractivity contribution is 6.07. The second-order valence-electron chi connectivity index (χ2n) is 7.18. The number of nitrogens with one attached hydrogen (secondary N) is 6. The number of anilines is 3. The Morgan fingerprint density at radius 2 is 1.51 bits per heavy atom. The summed E-state index contributed by atoms with van der Waals surface area (Å²) in [5, 5.41) is 28.1. The van der Waals surface area contributed by atoms with Crippen LogP contribution in [0, 0.1) is 19.3 Å². The average Bonchev–Trinajstić information content (AvgIpc) is 3.39. The van der Waals surface area contributed by atoms with E-state index in [-0.39, 0.29) is 78.3 Å². The number of carbonyl (C=O) groups excluding carboxylic acids is 3. The zero-order valence-electron chi connectivity index (χ0n) is 19.0. The van der Waals surface area contributed by atoms with Gasteiger partial charge in [0.15, 0.2) is 11.6 Å². The van der Waals surface area contributed by atoms with Crippen LogP contribution in [0.25, 0.3) is 0 Å². The van der Waals surface area contributed by atoms with Gasteiger partial charge in [0.2, 0.25) is 5.82 Å². The highest BCUT2D eigenvalue weighted by atomic mass is 35.5. The molecule has 190 valence electrons. The Morgan fingerprint density at radius 3 is 2.00 bits per heavy atom. The Labute approximate surface area is 211 Å².